The topological polar surface area (TPSA) is 90.1 Å². The Balaban J connectivity index is 2.22. The molecule has 0 saturated carbocycles. The number of para-hydroxylation sites is 2. The zero-order chi connectivity index (χ0) is 15.6. The van der Waals surface area contributed by atoms with Crippen molar-refractivity contribution in [3.05, 3.63) is 50.7 Å². The molecule has 0 aliphatic carbocycles. The van der Waals surface area contributed by atoms with Crippen LogP contribution in [0.1, 0.15) is 18.7 Å². The summed E-state index contributed by atoms with van der Waals surface area (Å²) in [6, 6.07) is 5.43. The van der Waals surface area contributed by atoms with Crippen LogP contribution in [0.2, 0.25) is 0 Å². The Hall–Kier alpha value is -2.22. The highest BCUT2D eigenvalue weighted by Gasteiger charge is 2.21. The Morgan fingerprint density at radius 1 is 1.48 bits per heavy atom. The van der Waals surface area contributed by atoms with Crippen LogP contribution in [-0.2, 0) is 4.79 Å². The van der Waals surface area contributed by atoms with E-state index in [4.69, 9.17) is 0 Å². The van der Waals surface area contributed by atoms with Gasteiger partial charge in [-0.2, -0.15) is 5.10 Å². The molecule has 0 bridgehead atoms. The molecule has 0 spiro atoms. The van der Waals surface area contributed by atoms with Crippen LogP contribution in [0, 0.1) is 17.0 Å². The van der Waals surface area contributed by atoms with E-state index >= 15 is 0 Å². The third-order valence-corrected chi connectivity index (χ3v) is 3.87. The van der Waals surface area contributed by atoms with Gasteiger partial charge in [-0.05, 0) is 35.8 Å². The minimum atomic E-state index is -0.587. The molecule has 2 aromatic rings. The van der Waals surface area contributed by atoms with Crippen molar-refractivity contribution in [2.45, 2.75) is 19.9 Å². The molecule has 1 aromatic carbocycles. The van der Waals surface area contributed by atoms with Crippen molar-refractivity contribution < 1.29 is 9.72 Å². The number of hydrogen-bond acceptors (Lipinski definition) is 4. The first-order valence-electron chi connectivity index (χ1n) is 6.15. The largest absolute Gasteiger partial charge is 0.319 e. The number of carbonyl (C=O) groups is 1. The number of carbonyl (C=O) groups excluding carboxylic acids is 1. The van der Waals surface area contributed by atoms with Gasteiger partial charge in [-0.1, -0.05) is 12.1 Å². The van der Waals surface area contributed by atoms with E-state index < -0.39 is 11.0 Å². The summed E-state index contributed by atoms with van der Waals surface area (Å²) in [6.07, 6.45) is 1.60. The Morgan fingerprint density at radius 2 is 2.14 bits per heavy atom. The number of halogens is 1. The second-order valence-corrected chi connectivity index (χ2v) is 5.32. The quantitative estimate of drug-likeness (QED) is 0.676. The van der Waals surface area contributed by atoms with Crippen molar-refractivity contribution in [2.75, 3.05) is 5.32 Å². The average Bonchev–Trinajstić information content (AvgIpc) is 2.78. The molecule has 7 nitrogen and oxygen atoms in total. The van der Waals surface area contributed by atoms with Crippen molar-refractivity contribution in [1.29, 1.82) is 0 Å². The third kappa shape index (κ3) is 3.10. The standard InChI is InChI=1S/C13H13BrN4O3/c1-8-10(14)7-15-17(8)9(2)13(19)16-11-5-3-4-6-12(11)18(20)21/h3-7,9H,1-2H3,(H,16,19). The molecule has 1 N–H and O–H groups in total. The van der Waals surface area contributed by atoms with Crippen molar-refractivity contribution in [1.82, 2.24) is 9.78 Å². The van der Waals surface area contributed by atoms with Gasteiger partial charge in [0.05, 0.1) is 21.3 Å². The molecule has 2 rings (SSSR count). The first kappa shape index (κ1) is 15.2. The molecule has 0 fully saturated rings. The van der Waals surface area contributed by atoms with E-state index in [1.807, 2.05) is 6.92 Å². The van der Waals surface area contributed by atoms with Gasteiger partial charge < -0.3 is 5.32 Å². The molecule has 1 unspecified atom stereocenters. The lowest BCUT2D eigenvalue weighted by atomic mass is 10.2. The van der Waals surface area contributed by atoms with Crippen LogP contribution < -0.4 is 5.32 Å². The van der Waals surface area contributed by atoms with Gasteiger partial charge in [0.15, 0.2) is 0 Å². The summed E-state index contributed by atoms with van der Waals surface area (Å²) in [7, 11) is 0. The highest BCUT2D eigenvalue weighted by atomic mass is 79.9. The van der Waals surface area contributed by atoms with Gasteiger partial charge >= 0.3 is 0 Å². The SMILES string of the molecule is Cc1c(Br)cnn1C(C)C(=O)Nc1ccccc1[N+](=O)[O-]. The lowest BCUT2D eigenvalue weighted by Crippen LogP contribution is -2.25. The van der Waals surface area contributed by atoms with Gasteiger partial charge in [0.25, 0.3) is 5.69 Å². The van der Waals surface area contributed by atoms with Gasteiger partial charge in [0.2, 0.25) is 5.91 Å². The number of hydrogen-bond donors (Lipinski definition) is 1. The molecule has 1 aromatic heterocycles. The number of nitrogens with one attached hydrogen (secondary N) is 1. The highest BCUT2D eigenvalue weighted by Crippen LogP contribution is 2.25. The van der Waals surface area contributed by atoms with Crippen LogP contribution >= 0.6 is 15.9 Å². The van der Waals surface area contributed by atoms with E-state index in [-0.39, 0.29) is 17.3 Å². The van der Waals surface area contributed by atoms with Crippen molar-refractivity contribution in [2.24, 2.45) is 0 Å². The van der Waals surface area contributed by atoms with Gasteiger partial charge in [-0.25, -0.2) is 0 Å². The van der Waals surface area contributed by atoms with E-state index in [2.05, 4.69) is 26.3 Å². The molecule has 0 radical (unpaired) electrons. The number of nitro benzene ring substituents is 1. The Kier molecular flexibility index (Phi) is 4.37. The van der Waals surface area contributed by atoms with Crippen LogP contribution in [0.3, 0.4) is 0 Å². The van der Waals surface area contributed by atoms with Gasteiger partial charge in [-0.15, -0.1) is 0 Å². The normalized spacial score (nSPS) is 12.0. The van der Waals surface area contributed by atoms with E-state index in [0.717, 1.165) is 10.2 Å². The maximum Gasteiger partial charge on any atom is 0.292 e. The number of anilines is 1. The molecule has 1 amide bonds. The van der Waals surface area contributed by atoms with Crippen molar-refractivity contribution >= 4 is 33.2 Å². The molecule has 0 saturated heterocycles. The predicted octanol–water partition coefficient (Wildman–Crippen LogP) is 3.06. The number of nitro groups is 1. The molecule has 21 heavy (non-hydrogen) atoms. The molecule has 1 atom stereocenters. The second-order valence-electron chi connectivity index (χ2n) is 4.46. The smallest absolute Gasteiger partial charge is 0.292 e. The van der Waals surface area contributed by atoms with Crippen LogP contribution in [0.25, 0.3) is 0 Å². The lowest BCUT2D eigenvalue weighted by molar-refractivity contribution is -0.383. The number of aromatic nitrogens is 2. The number of amides is 1. The van der Waals surface area contributed by atoms with Crippen LogP contribution in [0.4, 0.5) is 11.4 Å². The molecule has 1 heterocycles. The monoisotopic (exact) mass is 352 g/mol. The Morgan fingerprint density at radius 3 is 2.71 bits per heavy atom. The molecular weight excluding hydrogens is 340 g/mol. The van der Waals surface area contributed by atoms with Gasteiger partial charge in [0, 0.05) is 6.07 Å². The first-order chi connectivity index (χ1) is 9.91. The molecule has 0 aliphatic rings. The minimum absolute atomic E-state index is 0.142. The molecule has 0 aliphatic heterocycles. The van der Waals surface area contributed by atoms with E-state index in [0.29, 0.717) is 0 Å². The van der Waals surface area contributed by atoms with E-state index in [9.17, 15) is 14.9 Å². The molecule has 110 valence electrons. The van der Waals surface area contributed by atoms with Gasteiger partial charge in [-0.3, -0.25) is 19.6 Å². The zero-order valence-electron chi connectivity index (χ0n) is 11.4. The number of rotatable bonds is 4. The predicted molar refractivity (Wildman–Crippen MR) is 81.1 cm³/mol. The summed E-state index contributed by atoms with van der Waals surface area (Å²) in [5.74, 6) is -0.372. The summed E-state index contributed by atoms with van der Waals surface area (Å²) >= 11 is 3.33. The van der Waals surface area contributed by atoms with E-state index in [1.165, 1.54) is 12.1 Å². The second kappa shape index (κ2) is 6.04. The lowest BCUT2D eigenvalue weighted by Gasteiger charge is -2.14. The first-order valence-corrected chi connectivity index (χ1v) is 6.95. The number of nitrogens with zero attached hydrogens (tertiary/aromatic N) is 3. The molecule has 8 heteroatoms. The summed E-state index contributed by atoms with van der Waals surface area (Å²) < 4.78 is 2.35. The fourth-order valence-corrected chi connectivity index (χ4v) is 2.15. The molecular formula is C13H13BrN4O3. The fourth-order valence-electron chi connectivity index (χ4n) is 1.88. The zero-order valence-corrected chi connectivity index (χ0v) is 13.0. The third-order valence-electron chi connectivity index (χ3n) is 3.09. The summed E-state index contributed by atoms with van der Waals surface area (Å²) in [4.78, 5) is 22.6. The van der Waals surface area contributed by atoms with E-state index in [1.54, 1.807) is 29.9 Å². The van der Waals surface area contributed by atoms with Crippen molar-refractivity contribution in [3.8, 4) is 0 Å². The maximum atomic E-state index is 12.2. The Labute approximate surface area is 129 Å². The Bertz CT molecular complexity index is 698. The fraction of sp³-hybridized carbons (Fsp3) is 0.231. The maximum absolute atomic E-state index is 12.2. The summed E-state index contributed by atoms with van der Waals surface area (Å²) in [6.45, 7) is 3.50. The van der Waals surface area contributed by atoms with Crippen LogP contribution in [-0.4, -0.2) is 20.6 Å². The summed E-state index contributed by atoms with van der Waals surface area (Å²) in [5, 5.41) is 17.6. The average molecular weight is 353 g/mol. The minimum Gasteiger partial charge on any atom is -0.319 e. The van der Waals surface area contributed by atoms with Gasteiger partial charge in [0.1, 0.15) is 11.7 Å². The van der Waals surface area contributed by atoms with Crippen LogP contribution in [0.5, 0.6) is 0 Å². The van der Waals surface area contributed by atoms with Crippen molar-refractivity contribution in [3.63, 3.8) is 0 Å². The highest BCUT2D eigenvalue weighted by molar-refractivity contribution is 9.10. The number of benzene rings is 1. The summed E-state index contributed by atoms with van der Waals surface area (Å²) in [5.41, 5.74) is 0.833. The van der Waals surface area contributed by atoms with Crippen LogP contribution in [0.15, 0.2) is 34.9 Å².